The Morgan fingerprint density at radius 1 is 1.44 bits per heavy atom. The molecule has 0 saturated heterocycles. The molecule has 0 atom stereocenters. The van der Waals surface area contributed by atoms with Crippen molar-refractivity contribution in [2.45, 2.75) is 13.8 Å². The summed E-state index contributed by atoms with van der Waals surface area (Å²) in [4.78, 5) is 13.6. The number of nitrogens with one attached hydrogen (secondary N) is 2. The minimum atomic E-state index is 0.0358. The lowest BCUT2D eigenvalue weighted by molar-refractivity contribution is -0.120. The van der Waals surface area contributed by atoms with Crippen LogP contribution in [0.4, 0.5) is 0 Å². The van der Waals surface area contributed by atoms with Crippen LogP contribution < -0.4 is 10.6 Å². The van der Waals surface area contributed by atoms with Crippen molar-refractivity contribution in [2.24, 2.45) is 5.41 Å². The van der Waals surface area contributed by atoms with Gasteiger partial charge in [-0.05, 0) is 19.5 Å². The maximum absolute atomic E-state index is 11.4. The zero-order valence-corrected chi connectivity index (χ0v) is 11.0. The SMILES string of the molecule is C=CCNCC(=O)NCC(C)(C)CN(C)C. The van der Waals surface area contributed by atoms with Crippen molar-refractivity contribution >= 4 is 5.91 Å². The zero-order valence-electron chi connectivity index (χ0n) is 11.0. The number of carbonyl (C=O) groups excluding carboxylic acids is 1. The van der Waals surface area contributed by atoms with Gasteiger partial charge in [-0.1, -0.05) is 19.9 Å². The van der Waals surface area contributed by atoms with E-state index in [0.717, 1.165) is 6.54 Å². The van der Waals surface area contributed by atoms with Crippen LogP contribution >= 0.6 is 0 Å². The van der Waals surface area contributed by atoms with Crippen LogP contribution in [-0.4, -0.2) is 51.1 Å². The molecule has 94 valence electrons. The number of amides is 1. The lowest BCUT2D eigenvalue weighted by atomic mass is 9.93. The fraction of sp³-hybridized carbons (Fsp3) is 0.750. The summed E-state index contributed by atoms with van der Waals surface area (Å²) in [5.74, 6) is 0.0358. The number of hydrogen-bond donors (Lipinski definition) is 2. The molecule has 0 aliphatic carbocycles. The third kappa shape index (κ3) is 8.44. The monoisotopic (exact) mass is 227 g/mol. The molecule has 4 heteroatoms. The molecule has 0 fully saturated rings. The Labute approximate surface area is 99.1 Å². The highest BCUT2D eigenvalue weighted by Gasteiger charge is 2.19. The molecule has 2 N–H and O–H groups in total. The van der Waals surface area contributed by atoms with Crippen LogP contribution in [0.15, 0.2) is 12.7 Å². The number of carbonyl (C=O) groups is 1. The third-order valence-corrected chi connectivity index (χ3v) is 2.08. The Balaban J connectivity index is 3.76. The quantitative estimate of drug-likeness (QED) is 0.468. The van der Waals surface area contributed by atoms with Crippen LogP contribution in [0.3, 0.4) is 0 Å². The Morgan fingerprint density at radius 3 is 2.56 bits per heavy atom. The Hall–Kier alpha value is -0.870. The van der Waals surface area contributed by atoms with Gasteiger partial charge in [-0.25, -0.2) is 0 Å². The largest absolute Gasteiger partial charge is 0.354 e. The van der Waals surface area contributed by atoms with Crippen LogP contribution in [0.2, 0.25) is 0 Å². The fourth-order valence-electron chi connectivity index (χ4n) is 1.60. The van der Waals surface area contributed by atoms with E-state index in [4.69, 9.17) is 0 Å². The van der Waals surface area contributed by atoms with Crippen molar-refractivity contribution in [1.82, 2.24) is 15.5 Å². The minimum Gasteiger partial charge on any atom is -0.354 e. The van der Waals surface area contributed by atoms with Gasteiger partial charge in [-0.2, -0.15) is 0 Å². The van der Waals surface area contributed by atoms with Gasteiger partial charge in [0, 0.05) is 19.6 Å². The van der Waals surface area contributed by atoms with Gasteiger partial charge in [0.15, 0.2) is 0 Å². The third-order valence-electron chi connectivity index (χ3n) is 2.08. The first-order chi connectivity index (χ1) is 7.37. The molecule has 4 nitrogen and oxygen atoms in total. The highest BCUT2D eigenvalue weighted by molar-refractivity contribution is 5.78. The van der Waals surface area contributed by atoms with Gasteiger partial charge in [-0.3, -0.25) is 4.79 Å². The number of rotatable bonds is 8. The van der Waals surface area contributed by atoms with Crippen molar-refractivity contribution in [3.8, 4) is 0 Å². The van der Waals surface area contributed by atoms with E-state index < -0.39 is 0 Å². The van der Waals surface area contributed by atoms with Crippen LogP contribution in [0.1, 0.15) is 13.8 Å². The lowest BCUT2D eigenvalue weighted by Crippen LogP contribution is -2.42. The predicted molar refractivity (Wildman–Crippen MR) is 68.4 cm³/mol. The van der Waals surface area contributed by atoms with E-state index in [0.29, 0.717) is 19.6 Å². The highest BCUT2D eigenvalue weighted by Crippen LogP contribution is 2.13. The van der Waals surface area contributed by atoms with Crippen molar-refractivity contribution in [3.05, 3.63) is 12.7 Å². The summed E-state index contributed by atoms with van der Waals surface area (Å²) in [5.41, 5.74) is 0.0948. The van der Waals surface area contributed by atoms with E-state index in [-0.39, 0.29) is 11.3 Å². The van der Waals surface area contributed by atoms with E-state index in [9.17, 15) is 4.79 Å². The number of nitrogens with zero attached hydrogens (tertiary/aromatic N) is 1. The van der Waals surface area contributed by atoms with Crippen LogP contribution in [0, 0.1) is 5.41 Å². The molecule has 0 unspecified atom stereocenters. The first-order valence-corrected chi connectivity index (χ1v) is 5.60. The van der Waals surface area contributed by atoms with Crippen molar-refractivity contribution < 1.29 is 4.79 Å². The fourth-order valence-corrected chi connectivity index (χ4v) is 1.60. The average molecular weight is 227 g/mol. The van der Waals surface area contributed by atoms with E-state index in [2.05, 4.69) is 36.0 Å². The molecule has 0 spiro atoms. The minimum absolute atomic E-state index is 0.0358. The van der Waals surface area contributed by atoms with Gasteiger partial charge >= 0.3 is 0 Å². The van der Waals surface area contributed by atoms with Gasteiger partial charge in [0.2, 0.25) is 5.91 Å². The van der Waals surface area contributed by atoms with Gasteiger partial charge in [0.05, 0.1) is 6.54 Å². The van der Waals surface area contributed by atoms with Gasteiger partial charge < -0.3 is 15.5 Å². The molecular formula is C12H25N3O. The van der Waals surface area contributed by atoms with Crippen LogP contribution in [-0.2, 0) is 4.79 Å². The van der Waals surface area contributed by atoms with Crippen molar-refractivity contribution in [1.29, 1.82) is 0 Å². The summed E-state index contributed by atoms with van der Waals surface area (Å²) < 4.78 is 0. The molecule has 0 heterocycles. The van der Waals surface area contributed by atoms with Crippen molar-refractivity contribution in [3.63, 3.8) is 0 Å². The summed E-state index contributed by atoms with van der Waals surface area (Å²) in [7, 11) is 4.07. The molecule has 0 aromatic carbocycles. The summed E-state index contributed by atoms with van der Waals surface area (Å²) in [6.45, 7) is 10.5. The standard InChI is InChI=1S/C12H25N3O/c1-6-7-13-8-11(16)14-9-12(2,3)10-15(4)5/h6,13H,1,7-10H2,2-5H3,(H,14,16). The molecule has 16 heavy (non-hydrogen) atoms. The zero-order chi connectivity index (χ0) is 12.6. The highest BCUT2D eigenvalue weighted by atomic mass is 16.1. The van der Waals surface area contributed by atoms with Crippen LogP contribution in [0.25, 0.3) is 0 Å². The molecule has 0 bridgehead atoms. The van der Waals surface area contributed by atoms with E-state index in [1.54, 1.807) is 6.08 Å². The first-order valence-electron chi connectivity index (χ1n) is 5.60. The summed E-state index contributed by atoms with van der Waals surface area (Å²) in [6.07, 6.45) is 1.74. The molecule has 0 aliphatic heterocycles. The molecule has 1 amide bonds. The second kappa shape index (κ2) is 7.41. The maximum Gasteiger partial charge on any atom is 0.233 e. The molecule has 0 radical (unpaired) electrons. The molecule has 0 saturated carbocycles. The van der Waals surface area contributed by atoms with E-state index >= 15 is 0 Å². The average Bonchev–Trinajstić information content (AvgIpc) is 2.13. The molecule has 0 aliphatic rings. The first kappa shape index (κ1) is 15.1. The predicted octanol–water partition coefficient (Wildman–Crippen LogP) is 0.466. The van der Waals surface area contributed by atoms with Crippen LogP contribution in [0.5, 0.6) is 0 Å². The summed E-state index contributed by atoms with van der Waals surface area (Å²) in [5, 5.41) is 5.90. The Morgan fingerprint density at radius 2 is 2.06 bits per heavy atom. The number of hydrogen-bond acceptors (Lipinski definition) is 3. The summed E-state index contributed by atoms with van der Waals surface area (Å²) >= 11 is 0. The smallest absolute Gasteiger partial charge is 0.233 e. The maximum atomic E-state index is 11.4. The Bertz CT molecular complexity index is 224. The lowest BCUT2D eigenvalue weighted by Gasteiger charge is -2.28. The Kier molecular flexibility index (Phi) is 7.01. The van der Waals surface area contributed by atoms with E-state index in [1.165, 1.54) is 0 Å². The molecule has 0 aromatic rings. The normalized spacial score (nSPS) is 11.6. The molecule has 0 rings (SSSR count). The van der Waals surface area contributed by atoms with Gasteiger partial charge in [0.25, 0.3) is 0 Å². The van der Waals surface area contributed by atoms with E-state index in [1.807, 2.05) is 14.1 Å². The molecule has 0 aromatic heterocycles. The second-order valence-electron chi connectivity index (χ2n) is 5.10. The molecular weight excluding hydrogens is 202 g/mol. The second-order valence-corrected chi connectivity index (χ2v) is 5.10. The van der Waals surface area contributed by atoms with Gasteiger partial charge in [-0.15, -0.1) is 6.58 Å². The van der Waals surface area contributed by atoms with Crippen molar-refractivity contribution in [2.75, 3.05) is 40.3 Å². The van der Waals surface area contributed by atoms with Gasteiger partial charge in [0.1, 0.15) is 0 Å². The summed E-state index contributed by atoms with van der Waals surface area (Å²) in [6, 6.07) is 0. The topological polar surface area (TPSA) is 44.4 Å².